The predicted molar refractivity (Wildman–Crippen MR) is 117 cm³/mol. The van der Waals surface area contributed by atoms with Crippen molar-refractivity contribution in [1.29, 1.82) is 0 Å². The Balaban J connectivity index is 1.90. The summed E-state index contributed by atoms with van der Waals surface area (Å²) in [5.41, 5.74) is 0.824. The second kappa shape index (κ2) is 11.0. The first kappa shape index (κ1) is 22.1. The molecule has 0 fully saturated rings. The maximum Gasteiger partial charge on any atom is 0.333 e. The van der Waals surface area contributed by atoms with Gasteiger partial charge in [-0.2, -0.15) is 0 Å². The summed E-state index contributed by atoms with van der Waals surface area (Å²) in [7, 11) is 0. The lowest BCUT2D eigenvalue weighted by Gasteiger charge is -2.09. The zero-order valence-electron chi connectivity index (χ0n) is 16.2. The first-order chi connectivity index (χ1) is 13.4. The van der Waals surface area contributed by atoms with Gasteiger partial charge >= 0.3 is 11.9 Å². The van der Waals surface area contributed by atoms with Crippen LogP contribution in [-0.2, 0) is 19.1 Å². The van der Waals surface area contributed by atoms with E-state index in [1.165, 1.54) is 0 Å². The van der Waals surface area contributed by atoms with Gasteiger partial charge in [0, 0.05) is 32.4 Å². The summed E-state index contributed by atoms with van der Waals surface area (Å²) in [4.78, 5) is 25.1. The molecule has 0 saturated carbocycles. The van der Waals surface area contributed by atoms with E-state index >= 15 is 0 Å². The average molecular weight is 417 g/mol. The Bertz CT molecular complexity index is 889. The molecule has 0 heterocycles. The molecule has 0 N–H and O–H groups in total. The van der Waals surface area contributed by atoms with Crippen molar-refractivity contribution < 1.29 is 19.1 Å². The molecule has 2 aromatic rings. The van der Waals surface area contributed by atoms with E-state index in [0.29, 0.717) is 35.9 Å². The smallest absolute Gasteiger partial charge is 0.333 e. The van der Waals surface area contributed by atoms with Gasteiger partial charge in [0.1, 0.15) is 13.2 Å². The molecule has 0 spiro atoms. The van der Waals surface area contributed by atoms with Gasteiger partial charge in [-0.25, -0.2) is 9.59 Å². The number of hydrogen-bond acceptors (Lipinski definition) is 6. The maximum absolute atomic E-state index is 11.4. The van der Waals surface area contributed by atoms with Crippen LogP contribution in [0.15, 0.2) is 70.5 Å². The van der Waals surface area contributed by atoms with Crippen LogP contribution in [0.5, 0.6) is 0 Å². The zero-order chi connectivity index (χ0) is 20.5. The lowest BCUT2D eigenvalue weighted by Crippen LogP contribution is -2.07. The Kier molecular flexibility index (Phi) is 8.67. The van der Waals surface area contributed by atoms with E-state index in [-0.39, 0.29) is 11.9 Å². The van der Waals surface area contributed by atoms with Gasteiger partial charge in [0.2, 0.25) is 0 Å². The van der Waals surface area contributed by atoms with Gasteiger partial charge < -0.3 is 9.47 Å². The topological polar surface area (TPSA) is 52.6 Å². The van der Waals surface area contributed by atoms with Gasteiger partial charge in [-0.3, -0.25) is 0 Å². The summed E-state index contributed by atoms with van der Waals surface area (Å²) in [5, 5.41) is 2.31. The van der Waals surface area contributed by atoms with E-state index in [9.17, 15) is 9.59 Å². The summed E-state index contributed by atoms with van der Waals surface area (Å²) in [5.74, 6) is 0.666. The van der Waals surface area contributed by atoms with Gasteiger partial charge in [-0.05, 0) is 42.8 Å². The van der Waals surface area contributed by atoms with Crippen molar-refractivity contribution in [2.45, 2.75) is 23.6 Å². The Morgan fingerprint density at radius 3 is 2.11 bits per heavy atom. The second-order valence-corrected chi connectivity index (χ2v) is 8.47. The number of carbonyl (C=O) groups is 2. The molecule has 28 heavy (non-hydrogen) atoms. The molecule has 4 nitrogen and oxygen atoms in total. The van der Waals surface area contributed by atoms with Crippen LogP contribution >= 0.6 is 23.5 Å². The predicted octanol–water partition coefficient (Wildman–Crippen LogP) is 5.26. The molecule has 0 bridgehead atoms. The van der Waals surface area contributed by atoms with Crippen LogP contribution in [0, 0.1) is 0 Å². The maximum atomic E-state index is 11.4. The molecule has 0 aliphatic rings. The fourth-order valence-electron chi connectivity index (χ4n) is 2.27. The van der Waals surface area contributed by atoms with Crippen molar-refractivity contribution in [2.75, 3.05) is 24.7 Å². The van der Waals surface area contributed by atoms with Crippen LogP contribution in [0.1, 0.15) is 13.8 Å². The van der Waals surface area contributed by atoms with Crippen LogP contribution in [0.25, 0.3) is 10.8 Å². The molecule has 0 aromatic heterocycles. The standard InChI is InChI=1S/C22H24O4S2/c1-15(2)21(23)25-10-12-27-18-8-9-19-17(14-18)6-5-7-20(19)28-13-11-26-22(24)16(3)4/h5-9,14H,1,3,10-13H2,2,4H3. The highest BCUT2D eigenvalue weighted by atomic mass is 32.2. The van der Waals surface area contributed by atoms with Crippen LogP contribution < -0.4 is 0 Å². The molecule has 0 aliphatic carbocycles. The summed E-state index contributed by atoms with van der Waals surface area (Å²) in [6.07, 6.45) is 0. The minimum absolute atomic E-state index is 0.351. The lowest BCUT2D eigenvalue weighted by atomic mass is 10.1. The molecular weight excluding hydrogens is 392 g/mol. The van der Waals surface area contributed by atoms with Crippen molar-refractivity contribution in [3.63, 3.8) is 0 Å². The quantitative estimate of drug-likeness (QED) is 0.228. The van der Waals surface area contributed by atoms with Gasteiger partial charge in [-0.1, -0.05) is 31.4 Å². The van der Waals surface area contributed by atoms with Crippen LogP contribution in [-0.4, -0.2) is 36.7 Å². The van der Waals surface area contributed by atoms with E-state index in [4.69, 9.17) is 9.47 Å². The first-order valence-corrected chi connectivity index (χ1v) is 10.8. The number of rotatable bonds is 10. The average Bonchev–Trinajstić information content (AvgIpc) is 2.67. The lowest BCUT2D eigenvalue weighted by molar-refractivity contribution is -0.139. The van der Waals surface area contributed by atoms with Gasteiger partial charge in [-0.15, -0.1) is 23.5 Å². The van der Waals surface area contributed by atoms with E-state index in [2.05, 4.69) is 43.5 Å². The second-order valence-electron chi connectivity index (χ2n) is 6.17. The molecule has 0 atom stereocenters. The molecule has 0 saturated heterocycles. The molecule has 2 aromatic carbocycles. The molecule has 148 valence electrons. The highest BCUT2D eigenvalue weighted by molar-refractivity contribution is 7.99. The monoisotopic (exact) mass is 416 g/mol. The number of ether oxygens (including phenoxy) is 2. The minimum atomic E-state index is -0.353. The van der Waals surface area contributed by atoms with Crippen molar-refractivity contribution in [3.05, 3.63) is 60.7 Å². The molecule has 0 aliphatic heterocycles. The summed E-state index contributed by atoms with van der Waals surface area (Å²) >= 11 is 3.30. The Morgan fingerprint density at radius 2 is 1.50 bits per heavy atom. The highest BCUT2D eigenvalue weighted by Crippen LogP contribution is 2.31. The summed E-state index contributed by atoms with van der Waals surface area (Å²) < 4.78 is 10.3. The first-order valence-electron chi connectivity index (χ1n) is 8.82. The molecule has 0 unspecified atom stereocenters. The molecule has 0 radical (unpaired) electrons. The van der Waals surface area contributed by atoms with Gasteiger partial charge in [0.15, 0.2) is 0 Å². The third-order valence-electron chi connectivity index (χ3n) is 3.67. The van der Waals surface area contributed by atoms with Crippen molar-refractivity contribution in [3.8, 4) is 0 Å². The molecule has 6 heteroatoms. The van der Waals surface area contributed by atoms with E-state index in [0.717, 1.165) is 20.6 Å². The fourth-order valence-corrected chi connectivity index (χ4v) is 3.95. The number of thioether (sulfide) groups is 2. The molecule has 2 rings (SSSR count). The number of fused-ring (bicyclic) bond motifs is 1. The number of esters is 2. The molecular formula is C22H24O4S2. The van der Waals surface area contributed by atoms with Crippen molar-refractivity contribution >= 4 is 46.2 Å². The Hall–Kier alpha value is -2.18. The van der Waals surface area contributed by atoms with Crippen molar-refractivity contribution in [1.82, 2.24) is 0 Å². The summed E-state index contributed by atoms with van der Waals surface area (Å²) in [6.45, 7) is 11.1. The largest absolute Gasteiger partial charge is 0.461 e. The SMILES string of the molecule is C=C(C)C(=O)OCCSc1ccc2c(SCCOC(=O)C(=C)C)cccc2c1. The minimum Gasteiger partial charge on any atom is -0.461 e. The van der Waals surface area contributed by atoms with Crippen molar-refractivity contribution in [2.24, 2.45) is 0 Å². The van der Waals surface area contributed by atoms with E-state index < -0.39 is 0 Å². The molecule has 0 amide bonds. The van der Waals surface area contributed by atoms with Gasteiger partial charge in [0.25, 0.3) is 0 Å². The number of carbonyl (C=O) groups excluding carboxylic acids is 2. The normalized spacial score (nSPS) is 10.5. The van der Waals surface area contributed by atoms with Crippen LogP contribution in [0.4, 0.5) is 0 Å². The van der Waals surface area contributed by atoms with E-state index in [1.54, 1.807) is 37.4 Å². The Morgan fingerprint density at radius 1 is 0.893 bits per heavy atom. The van der Waals surface area contributed by atoms with Crippen LogP contribution in [0.2, 0.25) is 0 Å². The van der Waals surface area contributed by atoms with Crippen LogP contribution in [0.3, 0.4) is 0 Å². The van der Waals surface area contributed by atoms with Gasteiger partial charge in [0.05, 0.1) is 0 Å². The van der Waals surface area contributed by atoms with E-state index in [1.807, 2.05) is 6.07 Å². The highest BCUT2D eigenvalue weighted by Gasteiger charge is 2.07. The zero-order valence-corrected chi connectivity index (χ0v) is 17.8. The third-order valence-corrected chi connectivity index (χ3v) is 5.66. The Labute approximate surface area is 174 Å². The number of benzene rings is 2. The fraction of sp³-hybridized carbons (Fsp3) is 0.273. The number of hydrogen-bond donors (Lipinski definition) is 0. The summed E-state index contributed by atoms with van der Waals surface area (Å²) in [6, 6.07) is 12.5. The third kappa shape index (κ3) is 6.77.